The first-order valence-electron chi connectivity index (χ1n) is 8.45. The van der Waals surface area contributed by atoms with Crippen molar-refractivity contribution in [1.29, 1.82) is 0 Å². The highest BCUT2D eigenvalue weighted by Crippen LogP contribution is 2.32. The number of amides is 2. The number of nitrogens with one attached hydrogen (secondary N) is 1. The van der Waals surface area contributed by atoms with Crippen molar-refractivity contribution >= 4 is 23.2 Å². The van der Waals surface area contributed by atoms with Gasteiger partial charge in [-0.15, -0.1) is 0 Å². The number of carbonyl (C=O) groups is 2. The van der Waals surface area contributed by atoms with Gasteiger partial charge < -0.3 is 15.0 Å². The van der Waals surface area contributed by atoms with E-state index in [-0.39, 0.29) is 12.1 Å². The molecule has 0 aliphatic carbocycles. The molecule has 0 spiro atoms. The summed E-state index contributed by atoms with van der Waals surface area (Å²) in [6, 6.07) is 14.8. The fourth-order valence-electron chi connectivity index (χ4n) is 3.09. The third-order valence-electron chi connectivity index (χ3n) is 4.12. The SMILES string of the molecule is CC(C)Oc1ccccc1NC(=O)C(=O)N1c2ccccc2CC1C. The Bertz CT molecular complexity index is 801. The van der Waals surface area contributed by atoms with E-state index in [4.69, 9.17) is 4.74 Å². The van der Waals surface area contributed by atoms with Crippen LogP contribution in [0.5, 0.6) is 5.75 Å². The Labute approximate surface area is 147 Å². The van der Waals surface area contributed by atoms with Crippen LogP contribution in [-0.2, 0) is 16.0 Å². The molecule has 0 bridgehead atoms. The summed E-state index contributed by atoms with van der Waals surface area (Å²) >= 11 is 0. The molecular weight excluding hydrogens is 316 g/mol. The molecule has 3 rings (SSSR count). The Balaban J connectivity index is 1.80. The Morgan fingerprint density at radius 2 is 1.80 bits per heavy atom. The zero-order valence-corrected chi connectivity index (χ0v) is 14.7. The maximum Gasteiger partial charge on any atom is 0.316 e. The van der Waals surface area contributed by atoms with Gasteiger partial charge in [-0.1, -0.05) is 30.3 Å². The van der Waals surface area contributed by atoms with Gasteiger partial charge in [0.1, 0.15) is 5.75 Å². The van der Waals surface area contributed by atoms with E-state index in [9.17, 15) is 9.59 Å². The Morgan fingerprint density at radius 3 is 2.56 bits per heavy atom. The van der Waals surface area contributed by atoms with Gasteiger partial charge in [-0.25, -0.2) is 0 Å². The van der Waals surface area contributed by atoms with Gasteiger partial charge in [-0.3, -0.25) is 9.59 Å². The predicted molar refractivity (Wildman–Crippen MR) is 97.9 cm³/mol. The molecule has 5 heteroatoms. The molecule has 1 aliphatic rings. The molecule has 2 aromatic rings. The molecule has 1 atom stereocenters. The van der Waals surface area contributed by atoms with Crippen LogP contribution in [0.4, 0.5) is 11.4 Å². The molecule has 2 amide bonds. The summed E-state index contributed by atoms with van der Waals surface area (Å²) < 4.78 is 5.69. The van der Waals surface area contributed by atoms with Gasteiger partial charge in [0, 0.05) is 11.7 Å². The van der Waals surface area contributed by atoms with Gasteiger partial charge in [0.05, 0.1) is 11.8 Å². The van der Waals surface area contributed by atoms with Crippen LogP contribution >= 0.6 is 0 Å². The summed E-state index contributed by atoms with van der Waals surface area (Å²) in [5, 5.41) is 2.69. The molecule has 0 fully saturated rings. The summed E-state index contributed by atoms with van der Waals surface area (Å²) in [5.74, 6) is -0.673. The van der Waals surface area contributed by atoms with Crippen LogP contribution in [0, 0.1) is 0 Å². The number of ether oxygens (including phenoxy) is 1. The van der Waals surface area contributed by atoms with Crippen molar-refractivity contribution in [3.8, 4) is 5.75 Å². The molecule has 1 N–H and O–H groups in total. The first kappa shape index (κ1) is 17.0. The fourth-order valence-corrected chi connectivity index (χ4v) is 3.09. The second kappa shape index (κ2) is 6.97. The molecule has 1 unspecified atom stereocenters. The number of rotatable bonds is 3. The fraction of sp³-hybridized carbons (Fsp3) is 0.300. The van der Waals surface area contributed by atoms with Crippen molar-refractivity contribution in [3.63, 3.8) is 0 Å². The highest BCUT2D eigenvalue weighted by molar-refractivity contribution is 6.44. The predicted octanol–water partition coefficient (Wildman–Crippen LogP) is 3.39. The lowest BCUT2D eigenvalue weighted by Crippen LogP contribution is -2.43. The van der Waals surface area contributed by atoms with E-state index in [2.05, 4.69) is 5.32 Å². The van der Waals surface area contributed by atoms with Crippen LogP contribution in [0.15, 0.2) is 48.5 Å². The summed E-state index contributed by atoms with van der Waals surface area (Å²) in [4.78, 5) is 26.8. The standard InChI is InChI=1S/C20H22N2O3/c1-13(2)25-18-11-7-5-9-16(18)21-19(23)20(24)22-14(3)12-15-8-4-6-10-17(15)22/h4-11,13-14H,12H2,1-3H3,(H,21,23). The van der Waals surface area contributed by atoms with Crippen LogP contribution < -0.4 is 15.0 Å². The van der Waals surface area contributed by atoms with Crippen LogP contribution in [0.3, 0.4) is 0 Å². The first-order valence-corrected chi connectivity index (χ1v) is 8.45. The number of hydrogen-bond acceptors (Lipinski definition) is 3. The summed E-state index contributed by atoms with van der Waals surface area (Å²) in [6.07, 6.45) is 0.724. The molecule has 1 heterocycles. The smallest absolute Gasteiger partial charge is 0.316 e. The topological polar surface area (TPSA) is 58.6 Å². The average Bonchev–Trinajstić information content (AvgIpc) is 2.91. The molecule has 25 heavy (non-hydrogen) atoms. The van der Waals surface area contributed by atoms with Gasteiger partial charge in [-0.05, 0) is 51.0 Å². The Morgan fingerprint density at radius 1 is 1.12 bits per heavy atom. The largest absolute Gasteiger partial charge is 0.489 e. The molecule has 0 radical (unpaired) electrons. The number of para-hydroxylation sites is 3. The van der Waals surface area contributed by atoms with E-state index >= 15 is 0 Å². The van der Waals surface area contributed by atoms with Crippen LogP contribution in [0.25, 0.3) is 0 Å². The summed E-state index contributed by atoms with van der Waals surface area (Å²) in [6.45, 7) is 5.76. The second-order valence-corrected chi connectivity index (χ2v) is 6.47. The summed E-state index contributed by atoms with van der Waals surface area (Å²) in [5.41, 5.74) is 2.39. The van der Waals surface area contributed by atoms with Crippen molar-refractivity contribution in [2.75, 3.05) is 10.2 Å². The molecule has 2 aromatic carbocycles. The van der Waals surface area contributed by atoms with Crippen molar-refractivity contribution < 1.29 is 14.3 Å². The van der Waals surface area contributed by atoms with Crippen molar-refractivity contribution in [2.24, 2.45) is 0 Å². The number of anilines is 2. The molecule has 0 aromatic heterocycles. The van der Waals surface area contributed by atoms with Gasteiger partial charge in [-0.2, -0.15) is 0 Å². The maximum atomic E-state index is 12.7. The monoisotopic (exact) mass is 338 g/mol. The van der Waals surface area contributed by atoms with Crippen molar-refractivity contribution in [2.45, 2.75) is 39.3 Å². The Hall–Kier alpha value is -2.82. The molecular formula is C20H22N2O3. The van der Waals surface area contributed by atoms with E-state index in [0.717, 1.165) is 17.7 Å². The van der Waals surface area contributed by atoms with Gasteiger partial charge in [0.15, 0.2) is 0 Å². The van der Waals surface area contributed by atoms with Crippen LogP contribution in [-0.4, -0.2) is 24.0 Å². The number of carbonyl (C=O) groups excluding carboxylic acids is 2. The minimum Gasteiger partial charge on any atom is -0.489 e. The quantitative estimate of drug-likeness (QED) is 0.873. The van der Waals surface area contributed by atoms with E-state index < -0.39 is 11.8 Å². The minimum atomic E-state index is -0.664. The lowest BCUT2D eigenvalue weighted by molar-refractivity contribution is -0.134. The van der Waals surface area contributed by atoms with E-state index in [1.54, 1.807) is 23.1 Å². The summed E-state index contributed by atoms with van der Waals surface area (Å²) in [7, 11) is 0. The van der Waals surface area contributed by atoms with Crippen molar-refractivity contribution in [1.82, 2.24) is 0 Å². The van der Waals surface area contributed by atoms with Crippen LogP contribution in [0.1, 0.15) is 26.3 Å². The normalized spacial score (nSPS) is 15.8. The van der Waals surface area contributed by atoms with Crippen molar-refractivity contribution in [3.05, 3.63) is 54.1 Å². The highest BCUT2D eigenvalue weighted by atomic mass is 16.5. The average molecular weight is 338 g/mol. The highest BCUT2D eigenvalue weighted by Gasteiger charge is 2.34. The Kier molecular flexibility index (Phi) is 4.74. The maximum absolute atomic E-state index is 12.7. The van der Waals surface area contributed by atoms with E-state index in [1.165, 1.54) is 0 Å². The molecule has 1 aliphatic heterocycles. The third kappa shape index (κ3) is 3.50. The number of fused-ring (bicyclic) bond motifs is 1. The molecule has 0 saturated heterocycles. The number of nitrogens with zero attached hydrogens (tertiary/aromatic N) is 1. The lowest BCUT2D eigenvalue weighted by Gasteiger charge is -2.22. The molecule has 0 saturated carbocycles. The van der Waals surface area contributed by atoms with Gasteiger partial charge in [0.2, 0.25) is 0 Å². The third-order valence-corrected chi connectivity index (χ3v) is 4.12. The molecule has 130 valence electrons. The second-order valence-electron chi connectivity index (χ2n) is 6.47. The molecule has 5 nitrogen and oxygen atoms in total. The number of hydrogen-bond donors (Lipinski definition) is 1. The zero-order chi connectivity index (χ0) is 18.0. The first-order chi connectivity index (χ1) is 12.0. The zero-order valence-electron chi connectivity index (χ0n) is 14.7. The van der Waals surface area contributed by atoms with E-state index in [0.29, 0.717) is 11.4 Å². The van der Waals surface area contributed by atoms with Gasteiger partial charge >= 0.3 is 11.8 Å². The minimum absolute atomic E-state index is 0.0285. The number of benzene rings is 2. The van der Waals surface area contributed by atoms with Crippen LogP contribution in [0.2, 0.25) is 0 Å². The van der Waals surface area contributed by atoms with E-state index in [1.807, 2.05) is 51.1 Å². The van der Waals surface area contributed by atoms with Gasteiger partial charge in [0.25, 0.3) is 0 Å². The lowest BCUT2D eigenvalue weighted by atomic mass is 10.1.